The van der Waals surface area contributed by atoms with Gasteiger partial charge in [0.15, 0.2) is 0 Å². The summed E-state index contributed by atoms with van der Waals surface area (Å²) < 4.78 is 20.4. The second kappa shape index (κ2) is 18.9. The Bertz CT molecular complexity index is 1740. The highest BCUT2D eigenvalue weighted by Crippen LogP contribution is 2.62. The monoisotopic (exact) mass is 753 g/mol. The molecule has 5 rings (SSSR count). The van der Waals surface area contributed by atoms with Crippen molar-refractivity contribution in [2.24, 2.45) is 22.9 Å². The van der Waals surface area contributed by atoms with E-state index in [4.69, 9.17) is 24.2 Å². The molecule has 0 radical (unpaired) electrons. The van der Waals surface area contributed by atoms with E-state index in [0.29, 0.717) is 61.5 Å². The summed E-state index contributed by atoms with van der Waals surface area (Å²) in [5, 5.41) is 34.1. The standard InChI is InChI=1S/C45H59N3O7/c1-7-22-48(43(51)32-18-16-31(30-46)17-19-32)40-29-38(47-55-44(4,5)6)36-27-33(14-10-12-23-49)35(15-11-13-24-50)41-37-28-34(52-25-8-2)20-21-39(37)54-45(40,42(36)41)53-26-9-3/h8-9,16-21,27-28,33,35,40-42,49-50H,2-3,7,10-15,22-26,29H2,1,4-6H3. The molecule has 2 aliphatic carbocycles. The fourth-order valence-corrected chi connectivity index (χ4v) is 8.58. The van der Waals surface area contributed by atoms with Gasteiger partial charge in [-0.2, -0.15) is 5.26 Å². The summed E-state index contributed by atoms with van der Waals surface area (Å²) in [6.07, 6.45) is 11.5. The number of carbonyl (C=O) groups excluding carboxylic acids is 1. The van der Waals surface area contributed by atoms with Gasteiger partial charge in [-0.3, -0.25) is 4.79 Å². The molecule has 1 saturated carbocycles. The van der Waals surface area contributed by atoms with Gasteiger partial charge >= 0.3 is 0 Å². The average molecular weight is 754 g/mol. The lowest BCUT2D eigenvalue weighted by atomic mass is 9.55. The molecule has 0 bridgehead atoms. The van der Waals surface area contributed by atoms with Gasteiger partial charge in [0, 0.05) is 43.2 Å². The van der Waals surface area contributed by atoms with Gasteiger partial charge in [-0.05, 0) is 113 Å². The fourth-order valence-electron chi connectivity index (χ4n) is 8.58. The van der Waals surface area contributed by atoms with Crippen LogP contribution in [-0.2, 0) is 9.57 Å². The maximum Gasteiger partial charge on any atom is 0.254 e. The van der Waals surface area contributed by atoms with Crippen molar-refractivity contribution < 1.29 is 34.1 Å². The molecule has 2 aromatic rings. The van der Waals surface area contributed by atoms with E-state index in [1.165, 1.54) is 0 Å². The number of ether oxygens (including phenoxy) is 3. The molecule has 1 fully saturated rings. The lowest BCUT2D eigenvalue weighted by molar-refractivity contribution is -0.254. The Morgan fingerprint density at radius 2 is 1.76 bits per heavy atom. The first kappa shape index (κ1) is 41.7. The Labute approximate surface area is 327 Å². The predicted octanol–water partition coefficient (Wildman–Crippen LogP) is 8.11. The van der Waals surface area contributed by atoms with Crippen molar-refractivity contribution in [3.63, 3.8) is 0 Å². The van der Waals surface area contributed by atoms with Crippen LogP contribution >= 0.6 is 0 Å². The number of amides is 1. The Kier molecular flexibility index (Phi) is 14.4. The van der Waals surface area contributed by atoms with Crippen LogP contribution in [-0.4, -0.2) is 77.1 Å². The average Bonchev–Trinajstić information content (AvgIpc) is 3.18. The number of allylic oxidation sites excluding steroid dienone is 1. The first-order chi connectivity index (χ1) is 26.5. The minimum absolute atomic E-state index is 0.0976. The fraction of sp³-hybridized carbons (Fsp3) is 0.533. The van der Waals surface area contributed by atoms with Gasteiger partial charge in [-0.25, -0.2) is 0 Å². The first-order valence-electron chi connectivity index (χ1n) is 19.9. The van der Waals surface area contributed by atoms with Crippen molar-refractivity contribution in [2.45, 2.75) is 102 Å². The minimum Gasteiger partial charge on any atom is -0.490 e. The third kappa shape index (κ3) is 9.34. The van der Waals surface area contributed by atoms with Gasteiger partial charge in [0.25, 0.3) is 5.91 Å². The zero-order chi connectivity index (χ0) is 39.6. The van der Waals surface area contributed by atoms with Crippen LogP contribution in [0.1, 0.15) is 106 Å². The molecule has 0 aromatic heterocycles. The SMILES string of the molecule is C=CCOc1ccc2c(c1)C1C(CCCCO)C(CCCCO)C=C3C(=NOC(C)(C)C)CC(N(CCC)C(=O)c4ccc(C#N)cc4)C(OCC=C)(O2)C31. The van der Waals surface area contributed by atoms with E-state index in [-0.39, 0.29) is 43.5 Å². The zero-order valence-corrected chi connectivity index (χ0v) is 33.0. The number of unbranched alkanes of at least 4 members (excludes halogenated alkanes) is 2. The maximum atomic E-state index is 14.8. The minimum atomic E-state index is -1.36. The molecule has 2 aromatic carbocycles. The molecule has 296 valence electrons. The van der Waals surface area contributed by atoms with Crippen molar-refractivity contribution in [3.8, 4) is 17.6 Å². The molecule has 0 saturated heterocycles. The number of benzene rings is 2. The highest BCUT2D eigenvalue weighted by molar-refractivity contribution is 6.03. The number of hydrogen-bond acceptors (Lipinski definition) is 9. The number of nitrogens with zero attached hydrogens (tertiary/aromatic N) is 3. The van der Waals surface area contributed by atoms with E-state index in [0.717, 1.165) is 42.5 Å². The summed E-state index contributed by atoms with van der Waals surface area (Å²) in [5.74, 6) is -0.553. The van der Waals surface area contributed by atoms with Crippen LogP contribution in [0.15, 0.2) is 84.6 Å². The Morgan fingerprint density at radius 3 is 2.40 bits per heavy atom. The molecule has 6 atom stereocenters. The van der Waals surface area contributed by atoms with Crippen LogP contribution in [0.25, 0.3) is 0 Å². The van der Waals surface area contributed by atoms with Crippen molar-refractivity contribution >= 4 is 11.6 Å². The van der Waals surface area contributed by atoms with Crippen LogP contribution in [0.5, 0.6) is 11.5 Å². The van der Waals surface area contributed by atoms with Crippen LogP contribution in [0.2, 0.25) is 0 Å². The van der Waals surface area contributed by atoms with Crippen LogP contribution in [0.3, 0.4) is 0 Å². The molecule has 1 aliphatic heterocycles. The molecule has 1 heterocycles. The number of rotatable bonds is 19. The van der Waals surface area contributed by atoms with E-state index in [1.54, 1.807) is 36.4 Å². The lowest BCUT2D eigenvalue weighted by Crippen LogP contribution is -2.70. The third-order valence-electron chi connectivity index (χ3n) is 10.8. The first-order valence-corrected chi connectivity index (χ1v) is 19.9. The molecule has 2 N–H and O–H groups in total. The van der Waals surface area contributed by atoms with Crippen molar-refractivity contribution in [1.29, 1.82) is 5.26 Å². The van der Waals surface area contributed by atoms with E-state index >= 15 is 0 Å². The highest BCUT2D eigenvalue weighted by Gasteiger charge is 2.65. The number of oxime groups is 1. The van der Waals surface area contributed by atoms with Crippen molar-refractivity contribution in [3.05, 3.63) is 96.1 Å². The van der Waals surface area contributed by atoms with Gasteiger partial charge in [-0.1, -0.05) is 49.7 Å². The van der Waals surface area contributed by atoms with E-state index < -0.39 is 23.3 Å². The molecule has 10 heteroatoms. The molecule has 55 heavy (non-hydrogen) atoms. The van der Waals surface area contributed by atoms with E-state index in [1.807, 2.05) is 44.7 Å². The number of nitriles is 1. The molecule has 6 unspecified atom stereocenters. The number of carbonyl (C=O) groups is 1. The topological polar surface area (TPSA) is 134 Å². The van der Waals surface area contributed by atoms with Crippen LogP contribution in [0, 0.1) is 29.1 Å². The largest absolute Gasteiger partial charge is 0.490 e. The predicted molar refractivity (Wildman–Crippen MR) is 214 cm³/mol. The maximum absolute atomic E-state index is 14.8. The van der Waals surface area contributed by atoms with Crippen molar-refractivity contribution in [2.75, 3.05) is 33.0 Å². The second-order valence-corrected chi connectivity index (χ2v) is 15.8. The third-order valence-corrected chi connectivity index (χ3v) is 10.8. The highest BCUT2D eigenvalue weighted by atomic mass is 16.7. The summed E-state index contributed by atoms with van der Waals surface area (Å²) in [5.41, 5.74) is 3.07. The Hall–Kier alpha value is -4.43. The van der Waals surface area contributed by atoms with Gasteiger partial charge in [0.1, 0.15) is 29.7 Å². The van der Waals surface area contributed by atoms with Gasteiger partial charge < -0.3 is 34.2 Å². The van der Waals surface area contributed by atoms with E-state index in [9.17, 15) is 20.3 Å². The summed E-state index contributed by atoms with van der Waals surface area (Å²) >= 11 is 0. The van der Waals surface area contributed by atoms with Crippen molar-refractivity contribution in [1.82, 2.24) is 4.90 Å². The smallest absolute Gasteiger partial charge is 0.254 e. The Balaban J connectivity index is 1.81. The van der Waals surface area contributed by atoms with Crippen LogP contribution < -0.4 is 9.47 Å². The zero-order valence-electron chi connectivity index (χ0n) is 33.0. The van der Waals surface area contributed by atoms with Gasteiger partial charge in [0.2, 0.25) is 5.79 Å². The molecule has 1 amide bonds. The lowest BCUT2D eigenvalue weighted by Gasteiger charge is -2.60. The number of aliphatic hydroxyl groups excluding tert-OH is 2. The quantitative estimate of drug-likeness (QED) is 0.0836. The molecule has 10 nitrogen and oxygen atoms in total. The number of fused-ring (bicyclic) bond motifs is 2. The van der Waals surface area contributed by atoms with Gasteiger partial charge in [0.05, 0.1) is 29.9 Å². The molecular weight excluding hydrogens is 695 g/mol. The molecule has 0 spiro atoms. The van der Waals surface area contributed by atoms with Gasteiger partial charge in [-0.15, -0.1) is 6.58 Å². The normalized spacial score (nSPS) is 24.7. The van der Waals surface area contributed by atoms with E-state index in [2.05, 4.69) is 31.4 Å². The molecular formula is C45H59N3O7. The number of hydrogen-bond donors (Lipinski definition) is 2. The Morgan fingerprint density at radius 1 is 1.05 bits per heavy atom. The summed E-state index contributed by atoms with van der Waals surface area (Å²) in [4.78, 5) is 22.9. The summed E-state index contributed by atoms with van der Waals surface area (Å²) in [6, 6.07) is 14.2. The number of aliphatic hydroxyl groups is 2. The summed E-state index contributed by atoms with van der Waals surface area (Å²) in [7, 11) is 0. The second-order valence-electron chi connectivity index (χ2n) is 15.8. The van der Waals surface area contributed by atoms with Crippen LogP contribution in [0.4, 0.5) is 0 Å². The molecule has 3 aliphatic rings. The summed E-state index contributed by atoms with van der Waals surface area (Å²) in [6.45, 7) is 17.0.